The molecule has 88 valence electrons. The average molecular weight is 221 g/mol. The normalized spacial score (nSPS) is 10.1. The number of pyridine rings is 1. The van der Waals surface area contributed by atoms with Crippen molar-refractivity contribution in [2.24, 2.45) is 0 Å². The van der Waals surface area contributed by atoms with E-state index in [9.17, 15) is 4.79 Å². The van der Waals surface area contributed by atoms with Crippen LogP contribution in [0.1, 0.15) is 45.4 Å². The van der Waals surface area contributed by atoms with Crippen molar-refractivity contribution >= 4 is 5.97 Å². The summed E-state index contributed by atoms with van der Waals surface area (Å²) in [6.45, 7) is 2.18. The van der Waals surface area contributed by atoms with E-state index in [0.29, 0.717) is 12.2 Å². The average Bonchev–Trinajstić information content (AvgIpc) is 2.30. The molecule has 0 spiro atoms. The Kier molecular flexibility index (Phi) is 6.23. The SMILES string of the molecule is CCCCCCCC(=O)Oc1cccnc1. The van der Waals surface area contributed by atoms with Gasteiger partial charge in [-0.3, -0.25) is 9.78 Å². The zero-order valence-corrected chi connectivity index (χ0v) is 9.82. The minimum absolute atomic E-state index is 0.163. The van der Waals surface area contributed by atoms with Gasteiger partial charge < -0.3 is 4.74 Å². The molecule has 0 aliphatic carbocycles. The number of esters is 1. The maximum atomic E-state index is 11.4. The van der Waals surface area contributed by atoms with Crippen molar-refractivity contribution in [1.29, 1.82) is 0 Å². The molecule has 0 N–H and O–H groups in total. The van der Waals surface area contributed by atoms with Crippen molar-refractivity contribution < 1.29 is 9.53 Å². The van der Waals surface area contributed by atoms with E-state index >= 15 is 0 Å². The van der Waals surface area contributed by atoms with Gasteiger partial charge in [0.15, 0.2) is 0 Å². The summed E-state index contributed by atoms with van der Waals surface area (Å²) >= 11 is 0. The highest BCUT2D eigenvalue weighted by Gasteiger charge is 2.03. The minimum atomic E-state index is -0.163. The van der Waals surface area contributed by atoms with Crippen LogP contribution in [0.2, 0.25) is 0 Å². The van der Waals surface area contributed by atoms with Crippen LogP contribution in [0.15, 0.2) is 24.5 Å². The smallest absolute Gasteiger partial charge is 0.311 e. The van der Waals surface area contributed by atoms with E-state index in [-0.39, 0.29) is 5.97 Å². The van der Waals surface area contributed by atoms with Gasteiger partial charge in [-0.2, -0.15) is 0 Å². The van der Waals surface area contributed by atoms with Crippen LogP contribution in [0, 0.1) is 0 Å². The number of hydrogen-bond acceptors (Lipinski definition) is 3. The highest BCUT2D eigenvalue weighted by molar-refractivity contribution is 5.72. The van der Waals surface area contributed by atoms with Crippen molar-refractivity contribution in [3.05, 3.63) is 24.5 Å². The molecule has 16 heavy (non-hydrogen) atoms. The summed E-state index contributed by atoms with van der Waals surface area (Å²) in [6.07, 6.45) is 9.40. The molecule has 0 aliphatic rings. The van der Waals surface area contributed by atoms with Gasteiger partial charge in [-0.05, 0) is 18.6 Å². The van der Waals surface area contributed by atoms with Crippen LogP contribution < -0.4 is 4.74 Å². The van der Waals surface area contributed by atoms with Crippen molar-refractivity contribution in [2.75, 3.05) is 0 Å². The van der Waals surface area contributed by atoms with Crippen LogP contribution in [-0.2, 0) is 4.79 Å². The number of carbonyl (C=O) groups is 1. The Morgan fingerprint density at radius 3 is 2.81 bits per heavy atom. The summed E-state index contributed by atoms with van der Waals surface area (Å²) in [5.41, 5.74) is 0. The molecule has 0 amide bonds. The van der Waals surface area contributed by atoms with Gasteiger partial charge in [-0.15, -0.1) is 0 Å². The van der Waals surface area contributed by atoms with E-state index in [1.165, 1.54) is 19.3 Å². The van der Waals surface area contributed by atoms with Gasteiger partial charge in [0.2, 0.25) is 0 Å². The van der Waals surface area contributed by atoms with Crippen LogP contribution in [0.4, 0.5) is 0 Å². The molecule has 1 rings (SSSR count). The maximum Gasteiger partial charge on any atom is 0.311 e. The summed E-state index contributed by atoms with van der Waals surface area (Å²) in [4.78, 5) is 15.3. The van der Waals surface area contributed by atoms with Crippen molar-refractivity contribution in [3.8, 4) is 5.75 Å². The summed E-state index contributed by atoms with van der Waals surface area (Å²) in [6, 6.07) is 3.49. The second kappa shape index (κ2) is 7.85. The van der Waals surface area contributed by atoms with E-state index in [0.717, 1.165) is 12.8 Å². The van der Waals surface area contributed by atoms with Crippen LogP contribution in [0.5, 0.6) is 5.75 Å². The molecule has 1 heterocycles. The van der Waals surface area contributed by atoms with Crippen LogP contribution in [0.3, 0.4) is 0 Å². The molecule has 3 nitrogen and oxygen atoms in total. The molecule has 1 aromatic heterocycles. The second-order valence-corrected chi connectivity index (χ2v) is 3.83. The Labute approximate surface area is 96.8 Å². The predicted molar refractivity (Wildman–Crippen MR) is 63.2 cm³/mol. The molecule has 0 saturated heterocycles. The fourth-order valence-corrected chi connectivity index (χ4v) is 1.46. The standard InChI is InChI=1S/C13H19NO2/c1-2-3-4-5-6-9-13(15)16-12-8-7-10-14-11-12/h7-8,10-11H,2-6,9H2,1H3. The molecule has 0 radical (unpaired) electrons. The van der Waals surface area contributed by atoms with Gasteiger partial charge in [0.1, 0.15) is 5.75 Å². The summed E-state index contributed by atoms with van der Waals surface area (Å²) in [7, 11) is 0. The van der Waals surface area contributed by atoms with Gasteiger partial charge in [0, 0.05) is 12.6 Å². The highest BCUT2D eigenvalue weighted by atomic mass is 16.5. The number of nitrogens with zero attached hydrogens (tertiary/aromatic N) is 1. The zero-order valence-electron chi connectivity index (χ0n) is 9.82. The molecule has 0 unspecified atom stereocenters. The van der Waals surface area contributed by atoms with Crippen molar-refractivity contribution in [1.82, 2.24) is 4.98 Å². The Morgan fingerprint density at radius 2 is 2.12 bits per heavy atom. The Morgan fingerprint density at radius 1 is 1.31 bits per heavy atom. The molecule has 0 aliphatic heterocycles. The van der Waals surface area contributed by atoms with E-state index in [4.69, 9.17) is 4.74 Å². The van der Waals surface area contributed by atoms with E-state index in [2.05, 4.69) is 11.9 Å². The molecule has 3 heteroatoms. The first-order valence-corrected chi connectivity index (χ1v) is 5.93. The number of hydrogen-bond donors (Lipinski definition) is 0. The van der Waals surface area contributed by atoms with Crippen molar-refractivity contribution in [2.45, 2.75) is 45.4 Å². The molecule has 0 fully saturated rings. The third-order valence-corrected chi connectivity index (χ3v) is 2.35. The third-order valence-electron chi connectivity index (χ3n) is 2.35. The fraction of sp³-hybridized carbons (Fsp3) is 0.538. The molecule has 0 bridgehead atoms. The van der Waals surface area contributed by atoms with Gasteiger partial charge >= 0.3 is 5.97 Å². The quantitative estimate of drug-likeness (QED) is 0.523. The highest BCUT2D eigenvalue weighted by Crippen LogP contribution is 2.10. The fourth-order valence-electron chi connectivity index (χ4n) is 1.46. The van der Waals surface area contributed by atoms with E-state index in [1.54, 1.807) is 24.5 Å². The zero-order chi connectivity index (χ0) is 11.6. The Balaban J connectivity index is 2.12. The molecule has 0 atom stereocenters. The monoisotopic (exact) mass is 221 g/mol. The molecular formula is C13H19NO2. The molecule has 1 aromatic rings. The minimum Gasteiger partial charge on any atom is -0.425 e. The Bertz CT molecular complexity index is 298. The first kappa shape index (κ1) is 12.7. The first-order chi connectivity index (χ1) is 7.83. The number of carbonyl (C=O) groups excluding carboxylic acids is 1. The number of ether oxygens (including phenoxy) is 1. The third kappa shape index (κ3) is 5.49. The molecular weight excluding hydrogens is 202 g/mol. The number of unbranched alkanes of at least 4 members (excludes halogenated alkanes) is 4. The second-order valence-electron chi connectivity index (χ2n) is 3.83. The van der Waals surface area contributed by atoms with Crippen molar-refractivity contribution in [3.63, 3.8) is 0 Å². The summed E-state index contributed by atoms with van der Waals surface area (Å²) in [5.74, 6) is 0.366. The lowest BCUT2D eigenvalue weighted by Gasteiger charge is -2.03. The number of aromatic nitrogens is 1. The van der Waals surface area contributed by atoms with Crippen LogP contribution >= 0.6 is 0 Å². The van der Waals surface area contributed by atoms with Gasteiger partial charge in [0.05, 0.1) is 6.20 Å². The summed E-state index contributed by atoms with van der Waals surface area (Å²) < 4.78 is 5.12. The van der Waals surface area contributed by atoms with E-state index < -0.39 is 0 Å². The van der Waals surface area contributed by atoms with Gasteiger partial charge in [-0.1, -0.05) is 32.6 Å². The molecule has 0 aromatic carbocycles. The lowest BCUT2D eigenvalue weighted by atomic mass is 10.1. The van der Waals surface area contributed by atoms with Crippen LogP contribution in [0.25, 0.3) is 0 Å². The maximum absolute atomic E-state index is 11.4. The topological polar surface area (TPSA) is 39.2 Å². The van der Waals surface area contributed by atoms with E-state index in [1.807, 2.05) is 0 Å². The molecule has 0 saturated carbocycles. The first-order valence-electron chi connectivity index (χ1n) is 5.93. The van der Waals surface area contributed by atoms with Crippen LogP contribution in [-0.4, -0.2) is 11.0 Å². The van der Waals surface area contributed by atoms with Gasteiger partial charge in [0.25, 0.3) is 0 Å². The van der Waals surface area contributed by atoms with Gasteiger partial charge in [-0.25, -0.2) is 0 Å². The lowest BCUT2D eigenvalue weighted by Crippen LogP contribution is -2.07. The number of rotatable bonds is 7. The summed E-state index contributed by atoms with van der Waals surface area (Å²) in [5, 5.41) is 0. The predicted octanol–water partition coefficient (Wildman–Crippen LogP) is 3.35. The lowest BCUT2D eigenvalue weighted by molar-refractivity contribution is -0.134. The Hall–Kier alpha value is -1.38. The largest absolute Gasteiger partial charge is 0.425 e.